The minimum absolute atomic E-state index is 0.0689. The lowest BCUT2D eigenvalue weighted by Gasteiger charge is -2.20. The van der Waals surface area contributed by atoms with E-state index in [-0.39, 0.29) is 12.0 Å². The number of rotatable bonds is 4. The van der Waals surface area contributed by atoms with E-state index in [4.69, 9.17) is 10.5 Å². The van der Waals surface area contributed by atoms with Crippen molar-refractivity contribution in [2.75, 3.05) is 11.9 Å². The maximum Gasteiger partial charge on any atom is 0.224 e. The van der Waals surface area contributed by atoms with Crippen LogP contribution in [0.2, 0.25) is 0 Å². The third-order valence-corrected chi connectivity index (χ3v) is 5.09. The number of fused-ring (bicyclic) bond motifs is 1. The van der Waals surface area contributed by atoms with Gasteiger partial charge in [-0.3, -0.25) is 4.79 Å². The molecule has 6 heteroatoms. The summed E-state index contributed by atoms with van der Waals surface area (Å²) in [5, 5.41) is 2.87. The van der Waals surface area contributed by atoms with Gasteiger partial charge in [0.05, 0.1) is 3.79 Å². The number of nitrogens with one attached hydrogen (secondary N) is 1. The molecule has 0 aliphatic carbocycles. The largest absolute Gasteiger partial charge is 0.484 e. The van der Waals surface area contributed by atoms with Gasteiger partial charge >= 0.3 is 0 Å². The second-order valence-corrected chi connectivity index (χ2v) is 7.35. The number of benzene rings is 1. The Balaban J connectivity index is 1.79. The molecule has 4 nitrogen and oxygen atoms in total. The number of hydrogen-bond acceptors (Lipinski definition) is 4. The molecule has 1 aliphatic heterocycles. The molecule has 110 valence electrons. The van der Waals surface area contributed by atoms with E-state index < -0.39 is 0 Å². The van der Waals surface area contributed by atoms with E-state index in [2.05, 4.69) is 21.2 Å². The second-order valence-electron chi connectivity index (χ2n) is 4.85. The van der Waals surface area contributed by atoms with Gasteiger partial charge in [0.25, 0.3) is 0 Å². The number of halogens is 1. The van der Waals surface area contributed by atoms with Gasteiger partial charge < -0.3 is 15.8 Å². The maximum absolute atomic E-state index is 11.4. The third kappa shape index (κ3) is 3.28. The van der Waals surface area contributed by atoms with Crippen molar-refractivity contribution in [1.29, 1.82) is 0 Å². The number of thiophene rings is 1. The minimum atomic E-state index is -0.155. The number of anilines is 1. The van der Waals surface area contributed by atoms with Crippen LogP contribution in [0, 0.1) is 0 Å². The Labute approximate surface area is 135 Å². The first-order chi connectivity index (χ1) is 10.2. The fourth-order valence-electron chi connectivity index (χ4n) is 2.32. The maximum atomic E-state index is 11.4. The highest BCUT2D eigenvalue weighted by atomic mass is 79.9. The van der Waals surface area contributed by atoms with Gasteiger partial charge in [-0.1, -0.05) is 0 Å². The van der Waals surface area contributed by atoms with E-state index >= 15 is 0 Å². The summed E-state index contributed by atoms with van der Waals surface area (Å²) in [6.07, 6.45) is 1.11. The van der Waals surface area contributed by atoms with Crippen molar-refractivity contribution < 1.29 is 9.53 Å². The molecule has 0 saturated carbocycles. The van der Waals surface area contributed by atoms with Crippen LogP contribution < -0.4 is 15.8 Å². The molecular weight excluding hydrogens is 352 g/mol. The molecule has 0 radical (unpaired) electrons. The summed E-state index contributed by atoms with van der Waals surface area (Å²) in [7, 11) is 0. The molecule has 3 N–H and O–H groups in total. The van der Waals surface area contributed by atoms with Gasteiger partial charge in [0.15, 0.2) is 0 Å². The minimum Gasteiger partial charge on any atom is -0.484 e. The predicted octanol–water partition coefficient (Wildman–Crippen LogP) is 3.47. The van der Waals surface area contributed by atoms with Gasteiger partial charge in [0, 0.05) is 23.5 Å². The van der Waals surface area contributed by atoms with Crippen LogP contribution in [0.15, 0.2) is 34.1 Å². The summed E-state index contributed by atoms with van der Waals surface area (Å²) in [6.45, 7) is 0.417. The monoisotopic (exact) mass is 366 g/mol. The second kappa shape index (κ2) is 6.17. The van der Waals surface area contributed by atoms with Crippen LogP contribution in [0.25, 0.3) is 0 Å². The van der Waals surface area contributed by atoms with Crippen molar-refractivity contribution in [1.82, 2.24) is 0 Å². The Morgan fingerprint density at radius 2 is 2.19 bits per heavy atom. The predicted molar refractivity (Wildman–Crippen MR) is 87.8 cm³/mol. The van der Waals surface area contributed by atoms with Crippen LogP contribution in [0.3, 0.4) is 0 Å². The molecule has 3 rings (SSSR count). The van der Waals surface area contributed by atoms with E-state index in [1.165, 1.54) is 0 Å². The van der Waals surface area contributed by atoms with Gasteiger partial charge in [-0.25, -0.2) is 0 Å². The molecule has 1 amide bonds. The van der Waals surface area contributed by atoms with E-state index in [9.17, 15) is 4.79 Å². The fourth-order valence-corrected chi connectivity index (χ4v) is 3.79. The first kappa shape index (κ1) is 14.6. The quantitative estimate of drug-likeness (QED) is 0.870. The summed E-state index contributed by atoms with van der Waals surface area (Å²) in [5.74, 6) is 0.851. The van der Waals surface area contributed by atoms with Crippen molar-refractivity contribution in [2.45, 2.75) is 18.9 Å². The Kier molecular flexibility index (Phi) is 4.28. The summed E-state index contributed by atoms with van der Waals surface area (Å²) in [4.78, 5) is 12.5. The lowest BCUT2D eigenvalue weighted by atomic mass is 10.0. The van der Waals surface area contributed by atoms with E-state index in [1.807, 2.05) is 30.3 Å². The first-order valence-electron chi connectivity index (χ1n) is 6.70. The molecular formula is C15H15BrN2O2S. The molecule has 21 heavy (non-hydrogen) atoms. The Morgan fingerprint density at radius 1 is 1.33 bits per heavy atom. The molecule has 1 aromatic heterocycles. The SMILES string of the molecule is NCC(Oc1ccc2c(c1)CCC(=O)N2)c1ccc(Br)s1. The molecule has 0 fully saturated rings. The van der Waals surface area contributed by atoms with Crippen molar-refractivity contribution in [2.24, 2.45) is 5.73 Å². The summed E-state index contributed by atoms with van der Waals surface area (Å²) in [6, 6.07) is 9.76. The number of nitrogens with two attached hydrogens (primary N) is 1. The number of carbonyl (C=O) groups excluding carboxylic acids is 1. The third-order valence-electron chi connectivity index (χ3n) is 3.38. The van der Waals surface area contributed by atoms with Gasteiger partial charge in [-0.2, -0.15) is 0 Å². The topological polar surface area (TPSA) is 64.3 Å². The zero-order valence-electron chi connectivity index (χ0n) is 11.3. The molecule has 2 aromatic rings. The molecule has 0 saturated heterocycles. The number of amides is 1. The lowest BCUT2D eigenvalue weighted by molar-refractivity contribution is -0.116. The number of ether oxygens (including phenoxy) is 1. The number of aryl methyl sites for hydroxylation is 1. The Bertz CT molecular complexity index is 671. The van der Waals surface area contributed by atoms with Crippen LogP contribution in [-0.4, -0.2) is 12.5 Å². The van der Waals surface area contributed by atoms with Gasteiger partial charge in [0.2, 0.25) is 5.91 Å². The van der Waals surface area contributed by atoms with Crippen LogP contribution >= 0.6 is 27.3 Å². The fraction of sp³-hybridized carbons (Fsp3) is 0.267. The molecule has 1 aromatic carbocycles. The highest BCUT2D eigenvalue weighted by Crippen LogP contribution is 2.32. The average Bonchev–Trinajstić information content (AvgIpc) is 2.91. The van der Waals surface area contributed by atoms with Crippen molar-refractivity contribution in [3.8, 4) is 5.75 Å². The molecule has 1 atom stereocenters. The van der Waals surface area contributed by atoms with Gasteiger partial charge in [-0.05, 0) is 58.2 Å². The lowest BCUT2D eigenvalue weighted by Crippen LogP contribution is -2.20. The highest BCUT2D eigenvalue weighted by Gasteiger charge is 2.18. The van der Waals surface area contributed by atoms with Crippen LogP contribution in [-0.2, 0) is 11.2 Å². The van der Waals surface area contributed by atoms with Crippen molar-refractivity contribution in [3.05, 3.63) is 44.6 Å². The number of hydrogen-bond donors (Lipinski definition) is 2. The highest BCUT2D eigenvalue weighted by molar-refractivity contribution is 9.11. The Morgan fingerprint density at radius 3 is 2.90 bits per heavy atom. The summed E-state index contributed by atoms with van der Waals surface area (Å²) < 4.78 is 7.07. The first-order valence-corrected chi connectivity index (χ1v) is 8.31. The average molecular weight is 367 g/mol. The standard InChI is InChI=1S/C15H15BrN2O2S/c16-14-5-4-13(21-14)12(8-17)20-10-2-3-11-9(7-10)1-6-15(19)18-11/h2-5,7,12H,1,6,8,17H2,(H,18,19). The van der Waals surface area contributed by atoms with Crippen molar-refractivity contribution >= 4 is 38.9 Å². The van der Waals surface area contributed by atoms with Crippen LogP contribution in [0.5, 0.6) is 5.75 Å². The zero-order chi connectivity index (χ0) is 14.8. The molecule has 1 unspecified atom stereocenters. The smallest absolute Gasteiger partial charge is 0.224 e. The zero-order valence-corrected chi connectivity index (χ0v) is 13.7. The molecule has 1 aliphatic rings. The normalized spacial score (nSPS) is 15.2. The van der Waals surface area contributed by atoms with Gasteiger partial charge in [-0.15, -0.1) is 11.3 Å². The van der Waals surface area contributed by atoms with Crippen LogP contribution in [0.4, 0.5) is 5.69 Å². The van der Waals surface area contributed by atoms with Gasteiger partial charge in [0.1, 0.15) is 11.9 Å². The van der Waals surface area contributed by atoms with Crippen LogP contribution in [0.1, 0.15) is 23.0 Å². The molecule has 0 bridgehead atoms. The van der Waals surface area contributed by atoms with E-state index in [0.29, 0.717) is 13.0 Å². The molecule has 2 heterocycles. The number of carbonyl (C=O) groups is 1. The van der Waals surface area contributed by atoms with E-state index in [0.717, 1.165) is 32.1 Å². The van der Waals surface area contributed by atoms with Crippen molar-refractivity contribution in [3.63, 3.8) is 0 Å². The summed E-state index contributed by atoms with van der Waals surface area (Å²) in [5.41, 5.74) is 7.81. The van der Waals surface area contributed by atoms with E-state index in [1.54, 1.807) is 11.3 Å². The summed E-state index contributed by atoms with van der Waals surface area (Å²) >= 11 is 5.08. The molecule has 0 spiro atoms. The Hall–Kier alpha value is -1.37.